The third-order valence-corrected chi connectivity index (χ3v) is 6.43. The first-order valence-corrected chi connectivity index (χ1v) is 9.60. The summed E-state index contributed by atoms with van der Waals surface area (Å²) in [6.07, 6.45) is 6.24. The Kier molecular flexibility index (Phi) is 5.19. The quantitative estimate of drug-likeness (QED) is 0.606. The monoisotopic (exact) mass is 348 g/mol. The molecule has 1 aliphatic carbocycles. The minimum Gasteiger partial charge on any atom is -0.461 e. The van der Waals surface area contributed by atoms with Gasteiger partial charge in [-0.1, -0.05) is 25.0 Å². The van der Waals surface area contributed by atoms with Gasteiger partial charge in [0.05, 0.1) is 32.6 Å². The summed E-state index contributed by atoms with van der Waals surface area (Å²) in [5, 5.41) is 0. The number of hydrogen-bond donors (Lipinski definition) is 0. The summed E-state index contributed by atoms with van der Waals surface area (Å²) in [5.74, 6) is -0.109. The molecule has 0 radical (unpaired) electrons. The van der Waals surface area contributed by atoms with Crippen LogP contribution in [0.2, 0.25) is 0 Å². The van der Waals surface area contributed by atoms with Gasteiger partial charge in [-0.3, -0.25) is 4.79 Å². The molecule has 1 atom stereocenters. The van der Waals surface area contributed by atoms with E-state index in [0.717, 1.165) is 61.7 Å². The normalized spacial score (nSPS) is 24.0. The van der Waals surface area contributed by atoms with Crippen LogP contribution in [0, 0.1) is 11.7 Å². The number of hydrogen-bond acceptors (Lipinski definition) is 2. The Morgan fingerprint density at radius 1 is 1.08 bits per heavy atom. The molecular formula is C21H31FNO2+. The molecule has 2 fully saturated rings. The summed E-state index contributed by atoms with van der Waals surface area (Å²) in [5.41, 5.74) is 0.212. The smallest absolute Gasteiger partial charge is 0.316 e. The Morgan fingerprint density at radius 2 is 1.64 bits per heavy atom. The van der Waals surface area contributed by atoms with Crippen molar-refractivity contribution in [2.45, 2.75) is 57.0 Å². The Labute approximate surface area is 150 Å². The number of rotatable bonds is 4. The maximum atomic E-state index is 13.4. The van der Waals surface area contributed by atoms with Crippen molar-refractivity contribution in [3.8, 4) is 0 Å². The highest BCUT2D eigenvalue weighted by molar-refractivity contribution is 5.83. The van der Waals surface area contributed by atoms with E-state index in [2.05, 4.69) is 14.1 Å². The maximum Gasteiger partial charge on any atom is 0.316 e. The second-order valence-electron chi connectivity index (χ2n) is 8.68. The minimum atomic E-state index is -0.675. The molecule has 1 unspecified atom stereocenters. The van der Waals surface area contributed by atoms with Crippen molar-refractivity contribution >= 4 is 5.97 Å². The average molecular weight is 348 g/mol. The molecule has 0 bridgehead atoms. The lowest BCUT2D eigenvalue weighted by Gasteiger charge is -2.39. The van der Waals surface area contributed by atoms with E-state index >= 15 is 0 Å². The van der Waals surface area contributed by atoms with Gasteiger partial charge in [0.15, 0.2) is 0 Å². The van der Waals surface area contributed by atoms with Crippen LogP contribution in [0.15, 0.2) is 24.3 Å². The molecule has 0 amide bonds. The molecule has 1 aromatic rings. The lowest BCUT2D eigenvalue weighted by molar-refractivity contribution is -0.896. The van der Waals surface area contributed by atoms with Crippen molar-refractivity contribution in [1.82, 2.24) is 0 Å². The van der Waals surface area contributed by atoms with Gasteiger partial charge in [-0.25, -0.2) is 4.39 Å². The molecule has 4 heteroatoms. The van der Waals surface area contributed by atoms with Gasteiger partial charge in [0.25, 0.3) is 0 Å². The van der Waals surface area contributed by atoms with Gasteiger partial charge < -0.3 is 9.22 Å². The number of piperidine rings is 1. The predicted molar refractivity (Wildman–Crippen MR) is 96.7 cm³/mol. The van der Waals surface area contributed by atoms with Crippen LogP contribution in [0.1, 0.15) is 51.0 Å². The average Bonchev–Trinajstić information content (AvgIpc) is 3.11. The highest BCUT2D eigenvalue weighted by Crippen LogP contribution is 2.43. The molecule has 1 aliphatic heterocycles. The summed E-state index contributed by atoms with van der Waals surface area (Å²) in [4.78, 5) is 13.2. The van der Waals surface area contributed by atoms with Crippen molar-refractivity contribution in [2.24, 2.45) is 5.92 Å². The number of quaternary nitrogens is 1. The standard InChI is InChI=1S/C21H31FNO2/c1-21(16-6-4-5-7-16,17-8-10-18(22)11-9-17)20(24)25-19-12-14-23(2,3)15-13-19/h8-11,16,19H,4-7,12-15H2,1-3H3/q+1. The van der Waals surface area contributed by atoms with E-state index in [-0.39, 0.29) is 23.8 Å². The summed E-state index contributed by atoms with van der Waals surface area (Å²) < 4.78 is 20.4. The lowest BCUT2D eigenvalue weighted by atomic mass is 9.71. The van der Waals surface area contributed by atoms with Gasteiger partial charge in [-0.2, -0.15) is 0 Å². The number of carbonyl (C=O) groups is 1. The maximum absolute atomic E-state index is 13.4. The van der Waals surface area contributed by atoms with E-state index < -0.39 is 5.41 Å². The van der Waals surface area contributed by atoms with E-state index in [1.807, 2.05) is 6.92 Å². The number of carbonyl (C=O) groups excluding carboxylic acids is 1. The zero-order valence-electron chi connectivity index (χ0n) is 15.8. The molecule has 3 rings (SSSR count). The van der Waals surface area contributed by atoms with E-state index in [4.69, 9.17) is 4.74 Å². The third kappa shape index (κ3) is 3.89. The number of benzene rings is 1. The molecule has 1 saturated heterocycles. The summed E-state index contributed by atoms with van der Waals surface area (Å²) in [6.45, 7) is 4.07. The zero-order valence-corrected chi connectivity index (χ0v) is 15.8. The number of ether oxygens (including phenoxy) is 1. The second-order valence-corrected chi connectivity index (χ2v) is 8.68. The highest BCUT2D eigenvalue weighted by atomic mass is 19.1. The van der Waals surface area contributed by atoms with E-state index in [1.165, 1.54) is 12.1 Å². The van der Waals surface area contributed by atoms with Crippen LogP contribution in [0.4, 0.5) is 4.39 Å². The Hall–Kier alpha value is -1.42. The Balaban J connectivity index is 1.79. The van der Waals surface area contributed by atoms with Crippen LogP contribution in [0.5, 0.6) is 0 Å². The fourth-order valence-corrected chi connectivity index (χ4v) is 4.45. The van der Waals surface area contributed by atoms with Crippen LogP contribution in [-0.2, 0) is 14.9 Å². The molecule has 2 aliphatic rings. The van der Waals surface area contributed by atoms with Crippen molar-refractivity contribution in [3.63, 3.8) is 0 Å². The molecule has 0 spiro atoms. The summed E-state index contributed by atoms with van der Waals surface area (Å²) in [6, 6.07) is 6.43. The fraction of sp³-hybridized carbons (Fsp3) is 0.667. The van der Waals surface area contributed by atoms with Gasteiger partial charge in [0.2, 0.25) is 0 Å². The predicted octanol–water partition coefficient (Wildman–Crippen LogP) is 4.06. The second kappa shape index (κ2) is 7.06. The van der Waals surface area contributed by atoms with Crippen molar-refractivity contribution in [2.75, 3.05) is 27.2 Å². The summed E-state index contributed by atoms with van der Waals surface area (Å²) >= 11 is 0. The van der Waals surface area contributed by atoms with Gasteiger partial charge in [-0.15, -0.1) is 0 Å². The van der Waals surface area contributed by atoms with Crippen LogP contribution in [0.25, 0.3) is 0 Å². The van der Waals surface area contributed by atoms with E-state index in [0.29, 0.717) is 0 Å². The number of nitrogens with zero attached hydrogens (tertiary/aromatic N) is 1. The van der Waals surface area contributed by atoms with Crippen molar-refractivity contribution in [1.29, 1.82) is 0 Å². The van der Waals surface area contributed by atoms with E-state index in [9.17, 15) is 9.18 Å². The minimum absolute atomic E-state index is 0.0137. The molecule has 1 aromatic carbocycles. The van der Waals surface area contributed by atoms with Gasteiger partial charge in [0, 0.05) is 12.8 Å². The first kappa shape index (κ1) is 18.4. The zero-order chi connectivity index (χ0) is 18.1. The van der Waals surface area contributed by atoms with Gasteiger partial charge in [-0.05, 0) is 43.4 Å². The molecule has 25 heavy (non-hydrogen) atoms. The molecular weight excluding hydrogens is 317 g/mol. The summed E-state index contributed by atoms with van der Waals surface area (Å²) in [7, 11) is 4.44. The van der Waals surface area contributed by atoms with Crippen LogP contribution in [-0.4, -0.2) is 43.7 Å². The Bertz CT molecular complexity index is 597. The van der Waals surface area contributed by atoms with Gasteiger partial charge in [0.1, 0.15) is 11.9 Å². The number of likely N-dealkylation sites (tertiary alicyclic amines) is 1. The van der Waals surface area contributed by atoms with Crippen LogP contribution < -0.4 is 0 Å². The largest absolute Gasteiger partial charge is 0.461 e. The Morgan fingerprint density at radius 3 is 2.20 bits per heavy atom. The van der Waals surface area contributed by atoms with Crippen LogP contribution in [0.3, 0.4) is 0 Å². The first-order chi connectivity index (χ1) is 11.8. The molecule has 1 saturated carbocycles. The molecule has 138 valence electrons. The molecule has 1 heterocycles. The highest BCUT2D eigenvalue weighted by Gasteiger charge is 2.46. The van der Waals surface area contributed by atoms with Crippen molar-refractivity contribution in [3.05, 3.63) is 35.6 Å². The third-order valence-electron chi connectivity index (χ3n) is 6.43. The SMILES string of the molecule is CC(C(=O)OC1CC[N+](C)(C)CC1)(c1ccc(F)cc1)C1CCCC1. The lowest BCUT2D eigenvalue weighted by Crippen LogP contribution is -2.50. The van der Waals surface area contributed by atoms with Crippen molar-refractivity contribution < 1.29 is 18.4 Å². The first-order valence-electron chi connectivity index (χ1n) is 9.60. The van der Waals surface area contributed by atoms with Crippen LogP contribution >= 0.6 is 0 Å². The number of halogens is 1. The van der Waals surface area contributed by atoms with Gasteiger partial charge >= 0.3 is 5.97 Å². The fourth-order valence-electron chi connectivity index (χ4n) is 4.45. The molecule has 3 nitrogen and oxygen atoms in total. The molecule has 0 aromatic heterocycles. The van der Waals surface area contributed by atoms with E-state index in [1.54, 1.807) is 12.1 Å². The topological polar surface area (TPSA) is 26.3 Å². The number of esters is 1. The molecule has 0 N–H and O–H groups in total.